The number of Topliss-reactive ketones (excluding diaryl/α,β-unsaturated/α-hetero) is 1. The summed E-state index contributed by atoms with van der Waals surface area (Å²) >= 11 is 0. The van der Waals surface area contributed by atoms with Gasteiger partial charge < -0.3 is 5.73 Å². The number of nitrogens with zero attached hydrogens (tertiary/aromatic N) is 1. The zero-order valence-electron chi connectivity index (χ0n) is 7.95. The summed E-state index contributed by atoms with van der Waals surface area (Å²) in [6, 6.07) is 0.241. The van der Waals surface area contributed by atoms with Gasteiger partial charge in [0, 0.05) is 12.5 Å². The number of likely N-dealkylation sites (tertiary alicyclic amines) is 1. The van der Waals surface area contributed by atoms with Gasteiger partial charge >= 0.3 is 0 Å². The van der Waals surface area contributed by atoms with Crippen LogP contribution in [0.5, 0.6) is 0 Å². The maximum Gasteiger partial charge on any atom is 0.231 e. The predicted molar refractivity (Wildman–Crippen MR) is 49.1 cm³/mol. The van der Waals surface area contributed by atoms with Crippen LogP contribution in [0.25, 0.3) is 0 Å². The average molecular weight is 184 g/mol. The van der Waals surface area contributed by atoms with Gasteiger partial charge in [-0.15, -0.1) is 0 Å². The molecule has 4 nitrogen and oxygen atoms in total. The molecule has 74 valence electrons. The molecule has 1 fully saturated rings. The largest absolute Gasteiger partial charge is 0.369 e. The first-order chi connectivity index (χ1) is 6.09. The Morgan fingerprint density at radius 3 is 2.77 bits per heavy atom. The van der Waals surface area contributed by atoms with Crippen molar-refractivity contribution in [3.05, 3.63) is 0 Å². The van der Waals surface area contributed by atoms with Gasteiger partial charge in [0.1, 0.15) is 5.78 Å². The lowest BCUT2D eigenvalue weighted by Gasteiger charge is -2.21. The lowest BCUT2D eigenvalue weighted by Crippen LogP contribution is -2.38. The second kappa shape index (κ2) is 4.37. The number of carbonyl (C=O) groups excluding carboxylic acids is 2. The third-order valence-electron chi connectivity index (χ3n) is 2.38. The van der Waals surface area contributed by atoms with E-state index in [0.29, 0.717) is 6.42 Å². The number of carbonyl (C=O) groups is 2. The van der Waals surface area contributed by atoms with Crippen LogP contribution in [0.15, 0.2) is 0 Å². The summed E-state index contributed by atoms with van der Waals surface area (Å²) in [4.78, 5) is 23.6. The first kappa shape index (κ1) is 10.2. The highest BCUT2D eigenvalue weighted by molar-refractivity contribution is 5.77. The predicted octanol–water partition coefficient (Wildman–Crippen LogP) is -0.0848. The third kappa shape index (κ3) is 3.14. The van der Waals surface area contributed by atoms with Crippen molar-refractivity contribution in [3.63, 3.8) is 0 Å². The Balaban J connectivity index is 2.43. The van der Waals surface area contributed by atoms with E-state index in [4.69, 9.17) is 5.73 Å². The highest BCUT2D eigenvalue weighted by Crippen LogP contribution is 2.19. The maximum atomic E-state index is 10.9. The standard InChI is InChI=1S/C9H16N2O2/c1-7(12)5-8-3-2-4-11(8)6-9(10)13/h8H,2-6H2,1H3,(H2,10,13). The highest BCUT2D eigenvalue weighted by atomic mass is 16.1. The van der Waals surface area contributed by atoms with E-state index in [9.17, 15) is 9.59 Å². The van der Waals surface area contributed by atoms with Crippen LogP contribution >= 0.6 is 0 Å². The topological polar surface area (TPSA) is 63.4 Å². The molecule has 1 heterocycles. The van der Waals surface area contributed by atoms with Crippen molar-refractivity contribution >= 4 is 11.7 Å². The second-order valence-electron chi connectivity index (χ2n) is 3.64. The molecular formula is C9H16N2O2. The molecule has 0 aliphatic carbocycles. The van der Waals surface area contributed by atoms with Crippen LogP contribution < -0.4 is 5.73 Å². The molecule has 0 radical (unpaired) electrons. The lowest BCUT2D eigenvalue weighted by molar-refractivity contribution is -0.121. The summed E-state index contributed by atoms with van der Waals surface area (Å²) in [6.45, 7) is 2.76. The van der Waals surface area contributed by atoms with E-state index in [-0.39, 0.29) is 24.3 Å². The fraction of sp³-hybridized carbons (Fsp3) is 0.778. The van der Waals surface area contributed by atoms with Crippen LogP contribution in [0, 0.1) is 0 Å². The fourth-order valence-electron chi connectivity index (χ4n) is 1.87. The number of hydrogen-bond donors (Lipinski definition) is 1. The summed E-state index contributed by atoms with van der Waals surface area (Å²) in [5.74, 6) is -0.128. The van der Waals surface area contributed by atoms with Gasteiger partial charge in [-0.25, -0.2) is 0 Å². The quantitative estimate of drug-likeness (QED) is 0.664. The van der Waals surface area contributed by atoms with Gasteiger partial charge in [0.15, 0.2) is 0 Å². The van der Waals surface area contributed by atoms with Gasteiger partial charge in [-0.2, -0.15) is 0 Å². The Bertz CT molecular complexity index is 194. The molecule has 1 unspecified atom stereocenters. The van der Waals surface area contributed by atoms with Crippen molar-refractivity contribution in [3.8, 4) is 0 Å². The lowest BCUT2D eigenvalue weighted by atomic mass is 10.1. The normalized spacial score (nSPS) is 23.3. The number of ketones is 1. The van der Waals surface area contributed by atoms with E-state index in [0.717, 1.165) is 19.4 Å². The minimum absolute atomic E-state index is 0.182. The average Bonchev–Trinajstić information content (AvgIpc) is 2.34. The molecule has 2 N–H and O–H groups in total. The maximum absolute atomic E-state index is 10.9. The molecule has 0 spiro atoms. The van der Waals surface area contributed by atoms with Gasteiger partial charge in [-0.1, -0.05) is 0 Å². The summed E-state index contributed by atoms with van der Waals surface area (Å²) < 4.78 is 0. The van der Waals surface area contributed by atoms with Crippen molar-refractivity contribution in [1.82, 2.24) is 4.90 Å². The smallest absolute Gasteiger partial charge is 0.231 e. The Morgan fingerprint density at radius 1 is 1.54 bits per heavy atom. The molecule has 0 saturated carbocycles. The monoisotopic (exact) mass is 184 g/mol. The molecule has 1 aliphatic rings. The van der Waals surface area contributed by atoms with E-state index in [2.05, 4.69) is 0 Å². The summed E-state index contributed by atoms with van der Waals surface area (Å²) in [6.07, 6.45) is 2.62. The first-order valence-electron chi connectivity index (χ1n) is 4.61. The van der Waals surface area contributed by atoms with Crippen molar-refractivity contribution in [1.29, 1.82) is 0 Å². The SMILES string of the molecule is CC(=O)CC1CCCN1CC(N)=O. The number of amides is 1. The molecule has 0 aromatic carbocycles. The van der Waals surface area contributed by atoms with Crippen molar-refractivity contribution in [2.24, 2.45) is 5.73 Å². The molecule has 1 aliphatic heterocycles. The molecule has 13 heavy (non-hydrogen) atoms. The van der Waals surface area contributed by atoms with Crippen LogP contribution in [0.1, 0.15) is 26.2 Å². The van der Waals surface area contributed by atoms with E-state index in [1.54, 1.807) is 6.92 Å². The first-order valence-corrected chi connectivity index (χ1v) is 4.61. The molecule has 0 aromatic heterocycles. The highest BCUT2D eigenvalue weighted by Gasteiger charge is 2.26. The van der Waals surface area contributed by atoms with Crippen molar-refractivity contribution in [2.75, 3.05) is 13.1 Å². The molecule has 0 aromatic rings. The molecular weight excluding hydrogens is 168 g/mol. The van der Waals surface area contributed by atoms with Crippen molar-refractivity contribution < 1.29 is 9.59 Å². The van der Waals surface area contributed by atoms with Crippen LogP contribution in [0.2, 0.25) is 0 Å². The summed E-state index contributed by atoms with van der Waals surface area (Å²) in [5.41, 5.74) is 5.10. The summed E-state index contributed by atoms with van der Waals surface area (Å²) in [5, 5.41) is 0. The molecule has 4 heteroatoms. The Labute approximate surface area is 78.1 Å². The van der Waals surface area contributed by atoms with Crippen LogP contribution in [0.3, 0.4) is 0 Å². The van der Waals surface area contributed by atoms with Gasteiger partial charge in [0.2, 0.25) is 5.91 Å². The zero-order valence-corrected chi connectivity index (χ0v) is 7.95. The number of hydrogen-bond acceptors (Lipinski definition) is 3. The molecule has 1 atom stereocenters. The zero-order chi connectivity index (χ0) is 9.84. The Kier molecular flexibility index (Phi) is 3.42. The number of primary amides is 1. The third-order valence-corrected chi connectivity index (χ3v) is 2.38. The molecule has 1 rings (SSSR count). The van der Waals surface area contributed by atoms with Crippen molar-refractivity contribution in [2.45, 2.75) is 32.2 Å². The summed E-state index contributed by atoms with van der Waals surface area (Å²) in [7, 11) is 0. The second-order valence-corrected chi connectivity index (χ2v) is 3.64. The van der Waals surface area contributed by atoms with E-state index >= 15 is 0 Å². The molecule has 1 saturated heterocycles. The van der Waals surface area contributed by atoms with Gasteiger partial charge in [-0.3, -0.25) is 14.5 Å². The van der Waals surface area contributed by atoms with Gasteiger partial charge in [-0.05, 0) is 26.3 Å². The Morgan fingerprint density at radius 2 is 2.23 bits per heavy atom. The van der Waals surface area contributed by atoms with Crippen LogP contribution in [-0.4, -0.2) is 35.7 Å². The van der Waals surface area contributed by atoms with Crippen LogP contribution in [-0.2, 0) is 9.59 Å². The molecule has 1 amide bonds. The van der Waals surface area contributed by atoms with Gasteiger partial charge in [0.05, 0.1) is 6.54 Å². The molecule has 0 bridgehead atoms. The number of nitrogens with two attached hydrogens (primary N) is 1. The number of rotatable bonds is 4. The minimum Gasteiger partial charge on any atom is -0.369 e. The van der Waals surface area contributed by atoms with E-state index in [1.165, 1.54) is 0 Å². The van der Waals surface area contributed by atoms with Gasteiger partial charge in [0.25, 0.3) is 0 Å². The fourth-order valence-corrected chi connectivity index (χ4v) is 1.87. The van der Waals surface area contributed by atoms with Crippen LogP contribution in [0.4, 0.5) is 0 Å². The van der Waals surface area contributed by atoms with E-state index in [1.807, 2.05) is 4.90 Å². The Hall–Kier alpha value is -0.900. The minimum atomic E-state index is -0.310. The van der Waals surface area contributed by atoms with E-state index < -0.39 is 0 Å².